The summed E-state index contributed by atoms with van der Waals surface area (Å²) < 4.78 is 0. The summed E-state index contributed by atoms with van der Waals surface area (Å²) in [6.45, 7) is 3.20. The van der Waals surface area contributed by atoms with Crippen LogP contribution in [-0.2, 0) is 4.79 Å². The van der Waals surface area contributed by atoms with Gasteiger partial charge in [0.15, 0.2) is 0 Å². The zero-order valence-corrected chi connectivity index (χ0v) is 6.82. The van der Waals surface area contributed by atoms with Crippen molar-refractivity contribution in [3.05, 3.63) is 0 Å². The fourth-order valence-corrected chi connectivity index (χ4v) is 0.562. The van der Waals surface area contributed by atoms with Gasteiger partial charge in [-0.2, -0.15) is 0 Å². The lowest BCUT2D eigenvalue weighted by molar-refractivity contribution is -0.896. The first-order chi connectivity index (χ1) is 4.66. The van der Waals surface area contributed by atoms with Gasteiger partial charge in [0.1, 0.15) is 0 Å². The van der Waals surface area contributed by atoms with Gasteiger partial charge < -0.3 is 5.32 Å². The van der Waals surface area contributed by atoms with E-state index >= 15 is 0 Å². The van der Waals surface area contributed by atoms with Crippen LogP contribution in [0.2, 0.25) is 0 Å². The zero-order valence-electron chi connectivity index (χ0n) is 6.82. The van der Waals surface area contributed by atoms with Gasteiger partial charge in [-0.15, -0.1) is 0 Å². The summed E-state index contributed by atoms with van der Waals surface area (Å²) >= 11 is 0. The first-order valence-electron chi connectivity index (χ1n) is 3.47. The molecule has 0 rings (SSSR count). The van der Waals surface area contributed by atoms with Crippen molar-refractivity contribution in [2.75, 3.05) is 27.2 Å². The standard InChI is InChI=1S/C6H15N3O/c1-4-7-5-6(10)8-9(2)3/h7H,4-5H2,1-3H3,(H,8,10)/p+1. The molecule has 0 aliphatic heterocycles. The molecule has 0 bridgehead atoms. The Hall–Kier alpha value is -0.610. The molecule has 0 saturated carbocycles. The van der Waals surface area contributed by atoms with Crippen molar-refractivity contribution in [3.63, 3.8) is 0 Å². The van der Waals surface area contributed by atoms with E-state index in [1.165, 1.54) is 0 Å². The van der Waals surface area contributed by atoms with E-state index in [1.807, 2.05) is 21.0 Å². The number of hydrogen-bond donors (Lipinski definition) is 3. The van der Waals surface area contributed by atoms with E-state index in [0.29, 0.717) is 6.54 Å². The lowest BCUT2D eigenvalue weighted by Crippen LogP contribution is -3.13. The highest BCUT2D eigenvalue weighted by Gasteiger charge is 2.00. The van der Waals surface area contributed by atoms with Crippen LogP contribution in [0.25, 0.3) is 0 Å². The Morgan fingerprint density at radius 2 is 2.10 bits per heavy atom. The molecule has 0 fully saturated rings. The molecule has 0 radical (unpaired) electrons. The number of likely N-dealkylation sites (N-methyl/N-ethyl adjacent to an activating group) is 1. The van der Waals surface area contributed by atoms with E-state index in [1.54, 1.807) is 0 Å². The summed E-state index contributed by atoms with van der Waals surface area (Å²) in [5.41, 5.74) is 2.69. The number of quaternary nitrogens is 1. The Balaban J connectivity index is 3.26. The molecule has 0 aliphatic rings. The van der Waals surface area contributed by atoms with Crippen molar-refractivity contribution >= 4 is 5.91 Å². The van der Waals surface area contributed by atoms with Gasteiger partial charge in [-0.05, 0) is 6.54 Å². The molecule has 0 heterocycles. The maximum atomic E-state index is 10.8. The molecule has 0 unspecified atom stereocenters. The first-order valence-corrected chi connectivity index (χ1v) is 3.47. The lowest BCUT2D eigenvalue weighted by atomic mass is 10.6. The van der Waals surface area contributed by atoms with Gasteiger partial charge in [-0.3, -0.25) is 4.79 Å². The minimum absolute atomic E-state index is 0.0295. The Morgan fingerprint density at radius 1 is 1.50 bits per heavy atom. The Labute approximate surface area is 61.6 Å². The Morgan fingerprint density at radius 3 is 2.50 bits per heavy atom. The number of carbonyl (C=O) groups is 1. The molecule has 0 saturated heterocycles. The van der Waals surface area contributed by atoms with Crippen molar-refractivity contribution < 1.29 is 9.80 Å². The summed E-state index contributed by atoms with van der Waals surface area (Å²) in [5.74, 6) is 0.0295. The molecule has 4 nitrogen and oxygen atoms in total. The second kappa shape index (κ2) is 5.20. The average molecular weight is 146 g/mol. The SMILES string of the molecule is CCNCC(=O)N[NH+](C)C. The molecule has 1 amide bonds. The van der Waals surface area contributed by atoms with Crippen molar-refractivity contribution in [3.8, 4) is 0 Å². The van der Waals surface area contributed by atoms with Gasteiger partial charge in [0, 0.05) is 0 Å². The predicted octanol–water partition coefficient (Wildman–Crippen LogP) is -2.23. The summed E-state index contributed by atoms with van der Waals surface area (Å²) in [6, 6.07) is 0. The van der Waals surface area contributed by atoms with Crippen LogP contribution >= 0.6 is 0 Å². The van der Waals surface area contributed by atoms with Crippen molar-refractivity contribution in [2.45, 2.75) is 6.92 Å². The highest BCUT2D eigenvalue weighted by atomic mass is 16.2. The van der Waals surface area contributed by atoms with E-state index in [0.717, 1.165) is 11.6 Å². The van der Waals surface area contributed by atoms with Crippen LogP contribution in [0.4, 0.5) is 0 Å². The molecule has 4 heteroatoms. The number of amides is 1. The van der Waals surface area contributed by atoms with Crippen LogP contribution < -0.4 is 15.8 Å². The van der Waals surface area contributed by atoms with Gasteiger partial charge in [-0.1, -0.05) is 6.92 Å². The molecule has 3 N–H and O–H groups in total. The average Bonchev–Trinajstić information content (AvgIpc) is 1.82. The van der Waals surface area contributed by atoms with E-state index in [2.05, 4.69) is 10.7 Å². The third-order valence-electron chi connectivity index (χ3n) is 0.925. The van der Waals surface area contributed by atoms with Crippen LogP contribution in [0.5, 0.6) is 0 Å². The van der Waals surface area contributed by atoms with E-state index in [4.69, 9.17) is 0 Å². The quantitative estimate of drug-likeness (QED) is 0.393. The monoisotopic (exact) mass is 146 g/mol. The lowest BCUT2D eigenvalue weighted by Gasteiger charge is -2.07. The van der Waals surface area contributed by atoms with Crippen LogP contribution in [0, 0.1) is 0 Å². The number of carbonyl (C=O) groups excluding carboxylic acids is 1. The summed E-state index contributed by atoms with van der Waals surface area (Å²) in [6.07, 6.45) is 0. The molecule has 0 aromatic rings. The summed E-state index contributed by atoms with van der Waals surface area (Å²) in [4.78, 5) is 10.8. The largest absolute Gasteiger partial charge is 0.309 e. The van der Waals surface area contributed by atoms with Crippen molar-refractivity contribution in [1.29, 1.82) is 0 Å². The number of hydrogen-bond acceptors (Lipinski definition) is 2. The van der Waals surface area contributed by atoms with Gasteiger partial charge in [0.25, 0.3) is 5.91 Å². The third-order valence-corrected chi connectivity index (χ3v) is 0.925. The molecular weight excluding hydrogens is 130 g/mol. The Bertz CT molecular complexity index is 103. The maximum absolute atomic E-state index is 10.8. The van der Waals surface area contributed by atoms with Crippen LogP contribution in [0.15, 0.2) is 0 Å². The first kappa shape index (κ1) is 9.39. The maximum Gasteiger partial charge on any atom is 0.278 e. The van der Waals surface area contributed by atoms with E-state index in [9.17, 15) is 4.79 Å². The Kier molecular flexibility index (Phi) is 4.88. The number of nitrogens with one attached hydrogen (secondary N) is 3. The van der Waals surface area contributed by atoms with Gasteiger partial charge in [-0.25, -0.2) is 10.4 Å². The fraction of sp³-hybridized carbons (Fsp3) is 0.833. The zero-order chi connectivity index (χ0) is 7.98. The molecule has 60 valence electrons. The second-order valence-electron chi connectivity index (χ2n) is 2.33. The van der Waals surface area contributed by atoms with Gasteiger partial charge in [0.05, 0.1) is 20.6 Å². The molecule has 10 heavy (non-hydrogen) atoms. The number of rotatable bonds is 4. The molecular formula is C6H16N3O+. The van der Waals surface area contributed by atoms with E-state index < -0.39 is 0 Å². The summed E-state index contributed by atoms with van der Waals surface area (Å²) in [5, 5.41) is 3.86. The summed E-state index contributed by atoms with van der Waals surface area (Å²) in [7, 11) is 3.73. The minimum Gasteiger partial charge on any atom is -0.309 e. The normalized spacial score (nSPS) is 10.0. The smallest absolute Gasteiger partial charge is 0.278 e. The fourth-order valence-electron chi connectivity index (χ4n) is 0.562. The highest BCUT2D eigenvalue weighted by Crippen LogP contribution is 1.56. The molecule has 0 aromatic heterocycles. The van der Waals surface area contributed by atoms with Gasteiger partial charge >= 0.3 is 0 Å². The van der Waals surface area contributed by atoms with Crippen LogP contribution in [0.3, 0.4) is 0 Å². The molecule has 0 aliphatic carbocycles. The van der Waals surface area contributed by atoms with Crippen molar-refractivity contribution in [1.82, 2.24) is 10.7 Å². The van der Waals surface area contributed by atoms with Crippen molar-refractivity contribution in [2.24, 2.45) is 0 Å². The minimum atomic E-state index is 0.0295. The third kappa shape index (κ3) is 5.53. The second-order valence-corrected chi connectivity index (χ2v) is 2.33. The van der Waals surface area contributed by atoms with Crippen LogP contribution in [-0.4, -0.2) is 33.1 Å². The van der Waals surface area contributed by atoms with Gasteiger partial charge in [0.2, 0.25) is 0 Å². The highest BCUT2D eigenvalue weighted by molar-refractivity contribution is 5.76. The van der Waals surface area contributed by atoms with Crippen LogP contribution in [0.1, 0.15) is 6.92 Å². The molecule has 0 aromatic carbocycles. The predicted molar refractivity (Wildman–Crippen MR) is 39.5 cm³/mol. The van der Waals surface area contributed by atoms with E-state index in [-0.39, 0.29) is 5.91 Å². The molecule has 0 atom stereocenters. The topological polar surface area (TPSA) is 45.6 Å². The molecule has 0 spiro atoms.